The second-order valence-corrected chi connectivity index (χ2v) is 3.75. The van der Waals surface area contributed by atoms with Crippen molar-refractivity contribution >= 4 is 11.6 Å². The van der Waals surface area contributed by atoms with Crippen molar-refractivity contribution < 1.29 is 4.42 Å². The number of hydrogen-bond donors (Lipinski definition) is 1. The quantitative estimate of drug-likeness (QED) is 0.757. The molecule has 14 heavy (non-hydrogen) atoms. The van der Waals surface area contributed by atoms with Gasteiger partial charge in [-0.1, -0.05) is 19.1 Å². The average molecular weight is 214 g/mol. The van der Waals surface area contributed by atoms with Crippen molar-refractivity contribution in [3.63, 3.8) is 0 Å². The lowest BCUT2D eigenvalue weighted by Gasteiger charge is -2.15. The predicted octanol–water partition coefficient (Wildman–Crippen LogP) is 3.55. The normalized spacial score (nSPS) is 12.8. The molecule has 0 aliphatic rings. The molecule has 3 heteroatoms. The minimum Gasteiger partial charge on any atom is -0.448 e. The molecule has 1 aromatic rings. The molecule has 0 aliphatic heterocycles. The van der Waals surface area contributed by atoms with Crippen LogP contribution in [0.5, 0.6) is 0 Å². The van der Waals surface area contributed by atoms with Gasteiger partial charge in [0.2, 0.25) is 0 Å². The molecule has 1 aromatic heterocycles. The highest BCUT2D eigenvalue weighted by Crippen LogP contribution is 2.24. The van der Waals surface area contributed by atoms with Crippen LogP contribution < -0.4 is 5.32 Å². The molecule has 1 unspecified atom stereocenters. The molecule has 0 fully saturated rings. The van der Waals surface area contributed by atoms with Gasteiger partial charge in [-0.15, -0.1) is 0 Å². The second kappa shape index (κ2) is 5.23. The van der Waals surface area contributed by atoms with E-state index in [0.29, 0.717) is 5.22 Å². The van der Waals surface area contributed by atoms with Gasteiger partial charge >= 0.3 is 0 Å². The molecule has 0 saturated heterocycles. The lowest BCUT2D eigenvalue weighted by atomic mass is 10.1. The summed E-state index contributed by atoms with van der Waals surface area (Å²) in [7, 11) is 0. The van der Waals surface area contributed by atoms with Crippen molar-refractivity contribution in [3.05, 3.63) is 35.3 Å². The predicted molar refractivity (Wildman–Crippen MR) is 59.6 cm³/mol. The van der Waals surface area contributed by atoms with Gasteiger partial charge in [0.25, 0.3) is 0 Å². The Labute approximate surface area is 89.9 Å². The zero-order valence-electron chi connectivity index (χ0n) is 8.64. The van der Waals surface area contributed by atoms with Gasteiger partial charge in [-0.3, -0.25) is 0 Å². The molecule has 1 rings (SSSR count). The van der Waals surface area contributed by atoms with E-state index < -0.39 is 0 Å². The Hall–Kier alpha value is -0.730. The van der Waals surface area contributed by atoms with Crippen molar-refractivity contribution in [2.45, 2.75) is 26.3 Å². The maximum atomic E-state index is 5.72. The van der Waals surface area contributed by atoms with Crippen LogP contribution in [0.4, 0.5) is 0 Å². The van der Waals surface area contributed by atoms with Crippen molar-refractivity contribution in [2.75, 3.05) is 6.54 Å². The average Bonchev–Trinajstić information content (AvgIpc) is 2.52. The van der Waals surface area contributed by atoms with E-state index in [4.69, 9.17) is 16.0 Å². The maximum absolute atomic E-state index is 5.72. The first-order valence-corrected chi connectivity index (χ1v) is 5.17. The van der Waals surface area contributed by atoms with Gasteiger partial charge in [0.1, 0.15) is 5.76 Å². The molecule has 0 radical (unpaired) electrons. The summed E-state index contributed by atoms with van der Waals surface area (Å²) in [6.45, 7) is 8.97. The van der Waals surface area contributed by atoms with Crippen LogP contribution in [-0.2, 0) is 0 Å². The third-order valence-corrected chi connectivity index (χ3v) is 2.17. The van der Waals surface area contributed by atoms with Gasteiger partial charge in [0.05, 0.1) is 6.04 Å². The van der Waals surface area contributed by atoms with Gasteiger partial charge < -0.3 is 9.73 Å². The van der Waals surface area contributed by atoms with Crippen molar-refractivity contribution in [3.8, 4) is 0 Å². The van der Waals surface area contributed by atoms with E-state index in [9.17, 15) is 0 Å². The third kappa shape index (κ3) is 2.89. The lowest BCUT2D eigenvalue weighted by molar-refractivity contribution is 0.444. The number of hydrogen-bond acceptors (Lipinski definition) is 2. The lowest BCUT2D eigenvalue weighted by Crippen LogP contribution is -2.22. The number of furan rings is 1. The number of nitrogens with one attached hydrogen (secondary N) is 1. The van der Waals surface area contributed by atoms with Gasteiger partial charge in [0.15, 0.2) is 5.22 Å². The van der Waals surface area contributed by atoms with Gasteiger partial charge in [-0.05, 0) is 43.6 Å². The summed E-state index contributed by atoms with van der Waals surface area (Å²) in [6.07, 6.45) is 1.08. The molecular weight excluding hydrogens is 198 g/mol. The van der Waals surface area contributed by atoms with Crippen LogP contribution in [0.25, 0.3) is 0 Å². The summed E-state index contributed by atoms with van der Waals surface area (Å²) >= 11 is 5.72. The Morgan fingerprint density at radius 2 is 2.36 bits per heavy atom. The summed E-state index contributed by atoms with van der Waals surface area (Å²) < 4.78 is 5.35. The van der Waals surface area contributed by atoms with Gasteiger partial charge in [0, 0.05) is 0 Å². The molecule has 0 saturated carbocycles. The van der Waals surface area contributed by atoms with Crippen LogP contribution in [0.15, 0.2) is 28.7 Å². The van der Waals surface area contributed by atoms with E-state index in [-0.39, 0.29) is 6.04 Å². The van der Waals surface area contributed by atoms with Gasteiger partial charge in [-0.2, -0.15) is 0 Å². The van der Waals surface area contributed by atoms with E-state index in [1.807, 2.05) is 13.0 Å². The molecule has 0 spiro atoms. The first-order chi connectivity index (χ1) is 6.65. The van der Waals surface area contributed by atoms with Crippen LogP contribution in [0.2, 0.25) is 5.22 Å². The Balaban J connectivity index is 2.72. The number of halogens is 1. The minimum absolute atomic E-state index is 0.0717. The fourth-order valence-corrected chi connectivity index (χ4v) is 1.44. The molecule has 0 amide bonds. The standard InChI is InChI=1S/C11H16ClNO/c1-4-7-13-11(8(2)3)9-5-6-10(12)14-9/h5-6,11,13H,2,4,7H2,1,3H3. The summed E-state index contributed by atoms with van der Waals surface area (Å²) in [4.78, 5) is 0. The smallest absolute Gasteiger partial charge is 0.193 e. The molecular formula is C11H16ClNO. The highest BCUT2D eigenvalue weighted by atomic mass is 35.5. The monoisotopic (exact) mass is 213 g/mol. The molecule has 0 bridgehead atoms. The Bertz CT molecular complexity index is 306. The van der Waals surface area contributed by atoms with E-state index in [0.717, 1.165) is 24.3 Å². The van der Waals surface area contributed by atoms with Crippen molar-refractivity contribution in [1.82, 2.24) is 5.32 Å². The summed E-state index contributed by atoms with van der Waals surface area (Å²) in [6, 6.07) is 3.70. The molecule has 1 atom stereocenters. The first-order valence-electron chi connectivity index (χ1n) is 4.79. The molecule has 1 heterocycles. The summed E-state index contributed by atoms with van der Waals surface area (Å²) in [5.41, 5.74) is 1.03. The Morgan fingerprint density at radius 3 is 2.79 bits per heavy atom. The highest BCUT2D eigenvalue weighted by molar-refractivity contribution is 6.28. The zero-order chi connectivity index (χ0) is 10.6. The summed E-state index contributed by atoms with van der Waals surface area (Å²) in [5.74, 6) is 0.830. The number of rotatable bonds is 5. The molecule has 0 aliphatic carbocycles. The van der Waals surface area contributed by atoms with E-state index in [1.54, 1.807) is 6.07 Å². The third-order valence-electron chi connectivity index (χ3n) is 1.97. The Morgan fingerprint density at radius 1 is 1.64 bits per heavy atom. The second-order valence-electron chi connectivity index (χ2n) is 3.38. The maximum Gasteiger partial charge on any atom is 0.193 e. The minimum atomic E-state index is 0.0717. The van der Waals surface area contributed by atoms with E-state index in [1.165, 1.54) is 0 Å². The molecule has 2 nitrogen and oxygen atoms in total. The van der Waals surface area contributed by atoms with E-state index in [2.05, 4.69) is 18.8 Å². The van der Waals surface area contributed by atoms with Crippen LogP contribution in [-0.4, -0.2) is 6.54 Å². The fourth-order valence-electron chi connectivity index (χ4n) is 1.29. The molecule has 0 aromatic carbocycles. The van der Waals surface area contributed by atoms with Crippen LogP contribution >= 0.6 is 11.6 Å². The Kier molecular flexibility index (Phi) is 4.23. The summed E-state index contributed by atoms with van der Waals surface area (Å²) in [5, 5.41) is 3.77. The largest absolute Gasteiger partial charge is 0.448 e. The van der Waals surface area contributed by atoms with Crippen LogP contribution in [0, 0.1) is 0 Å². The van der Waals surface area contributed by atoms with Crippen molar-refractivity contribution in [2.24, 2.45) is 0 Å². The van der Waals surface area contributed by atoms with Gasteiger partial charge in [-0.25, -0.2) is 0 Å². The molecule has 78 valence electrons. The topological polar surface area (TPSA) is 25.2 Å². The van der Waals surface area contributed by atoms with Crippen LogP contribution in [0.3, 0.4) is 0 Å². The van der Waals surface area contributed by atoms with Crippen molar-refractivity contribution in [1.29, 1.82) is 0 Å². The molecule has 1 N–H and O–H groups in total. The van der Waals surface area contributed by atoms with Crippen LogP contribution in [0.1, 0.15) is 32.1 Å². The highest BCUT2D eigenvalue weighted by Gasteiger charge is 2.14. The first kappa shape index (κ1) is 11.3. The fraction of sp³-hybridized carbons (Fsp3) is 0.455. The zero-order valence-corrected chi connectivity index (χ0v) is 9.40. The SMILES string of the molecule is C=C(C)C(NCCC)c1ccc(Cl)o1. The van der Waals surface area contributed by atoms with E-state index >= 15 is 0 Å².